The van der Waals surface area contributed by atoms with Gasteiger partial charge in [-0.25, -0.2) is 4.39 Å². The van der Waals surface area contributed by atoms with Crippen LogP contribution in [0.5, 0.6) is 0 Å². The monoisotopic (exact) mass is 252 g/mol. The van der Waals surface area contributed by atoms with E-state index in [-0.39, 0.29) is 5.92 Å². The minimum atomic E-state index is -0.706. The lowest BCUT2D eigenvalue weighted by Crippen LogP contribution is -2.45. The van der Waals surface area contributed by atoms with Crippen molar-refractivity contribution in [1.82, 2.24) is 5.32 Å². The molecule has 1 aromatic rings. The number of halogens is 1. The Morgan fingerprint density at radius 2 is 1.83 bits per heavy atom. The number of amides is 2. The second-order valence-electron chi connectivity index (χ2n) is 4.56. The lowest BCUT2D eigenvalue weighted by atomic mass is 10.0. The van der Waals surface area contributed by atoms with Crippen LogP contribution < -0.4 is 11.1 Å². The van der Waals surface area contributed by atoms with E-state index in [4.69, 9.17) is 5.73 Å². The van der Waals surface area contributed by atoms with Gasteiger partial charge in [-0.1, -0.05) is 13.8 Å². The van der Waals surface area contributed by atoms with Gasteiger partial charge in [0, 0.05) is 5.56 Å². The van der Waals surface area contributed by atoms with Crippen LogP contribution in [0, 0.1) is 11.7 Å². The van der Waals surface area contributed by atoms with E-state index in [2.05, 4.69) is 5.32 Å². The van der Waals surface area contributed by atoms with E-state index in [9.17, 15) is 14.0 Å². The van der Waals surface area contributed by atoms with Crippen molar-refractivity contribution in [2.24, 2.45) is 11.7 Å². The molecule has 5 heteroatoms. The minimum Gasteiger partial charge on any atom is -0.368 e. The Balaban J connectivity index is 2.72. The first-order valence-electron chi connectivity index (χ1n) is 5.76. The highest BCUT2D eigenvalue weighted by Gasteiger charge is 2.19. The molecule has 0 radical (unpaired) electrons. The number of carbonyl (C=O) groups excluding carboxylic acids is 2. The SMILES string of the molecule is CC(C)CC(NC(=O)c1ccc(F)cc1)C(N)=O. The second-order valence-corrected chi connectivity index (χ2v) is 4.56. The highest BCUT2D eigenvalue weighted by molar-refractivity contribution is 5.97. The fourth-order valence-corrected chi connectivity index (χ4v) is 1.56. The number of primary amides is 1. The molecule has 0 bridgehead atoms. The molecule has 2 amide bonds. The molecular formula is C13H17FN2O2. The molecule has 4 nitrogen and oxygen atoms in total. The van der Waals surface area contributed by atoms with E-state index in [1.165, 1.54) is 24.3 Å². The summed E-state index contributed by atoms with van der Waals surface area (Å²) in [6.45, 7) is 3.86. The van der Waals surface area contributed by atoms with Crippen LogP contribution in [0.1, 0.15) is 30.6 Å². The highest BCUT2D eigenvalue weighted by Crippen LogP contribution is 2.07. The van der Waals surface area contributed by atoms with Crippen LogP contribution in [-0.4, -0.2) is 17.9 Å². The molecule has 98 valence electrons. The van der Waals surface area contributed by atoms with E-state index in [0.29, 0.717) is 12.0 Å². The number of benzene rings is 1. The van der Waals surface area contributed by atoms with Crippen molar-refractivity contribution in [3.63, 3.8) is 0 Å². The van der Waals surface area contributed by atoms with Crippen molar-refractivity contribution in [3.05, 3.63) is 35.6 Å². The number of carbonyl (C=O) groups is 2. The van der Waals surface area contributed by atoms with E-state index in [1.54, 1.807) is 0 Å². The standard InChI is InChI=1S/C13H17FN2O2/c1-8(2)7-11(12(15)17)16-13(18)9-3-5-10(14)6-4-9/h3-6,8,11H,7H2,1-2H3,(H2,15,17)(H,16,18). The summed E-state index contributed by atoms with van der Waals surface area (Å²) in [5.74, 6) is -1.19. The summed E-state index contributed by atoms with van der Waals surface area (Å²) in [7, 11) is 0. The van der Waals surface area contributed by atoms with Gasteiger partial charge in [-0.05, 0) is 36.6 Å². The molecule has 1 aromatic carbocycles. The molecule has 1 rings (SSSR count). The van der Waals surface area contributed by atoms with Gasteiger partial charge < -0.3 is 11.1 Å². The van der Waals surface area contributed by atoms with Crippen molar-refractivity contribution in [1.29, 1.82) is 0 Å². The van der Waals surface area contributed by atoms with Gasteiger partial charge >= 0.3 is 0 Å². The van der Waals surface area contributed by atoms with Crippen LogP contribution in [0.25, 0.3) is 0 Å². The van der Waals surface area contributed by atoms with Gasteiger partial charge in [0.2, 0.25) is 5.91 Å². The molecule has 3 N–H and O–H groups in total. The fourth-order valence-electron chi connectivity index (χ4n) is 1.56. The van der Waals surface area contributed by atoms with E-state index >= 15 is 0 Å². The van der Waals surface area contributed by atoms with Crippen LogP contribution in [0.4, 0.5) is 4.39 Å². The van der Waals surface area contributed by atoms with Gasteiger partial charge in [0.15, 0.2) is 0 Å². The number of nitrogens with one attached hydrogen (secondary N) is 1. The molecule has 18 heavy (non-hydrogen) atoms. The second kappa shape index (κ2) is 6.14. The number of hydrogen-bond acceptors (Lipinski definition) is 2. The zero-order chi connectivity index (χ0) is 13.7. The van der Waals surface area contributed by atoms with Gasteiger partial charge in [-0.2, -0.15) is 0 Å². The summed E-state index contributed by atoms with van der Waals surface area (Å²) >= 11 is 0. The van der Waals surface area contributed by atoms with Gasteiger partial charge in [0.1, 0.15) is 11.9 Å². The minimum absolute atomic E-state index is 0.232. The van der Waals surface area contributed by atoms with Crippen molar-refractivity contribution in [3.8, 4) is 0 Å². The van der Waals surface area contributed by atoms with E-state index < -0.39 is 23.7 Å². The van der Waals surface area contributed by atoms with E-state index in [1.807, 2.05) is 13.8 Å². The summed E-state index contributed by atoms with van der Waals surface area (Å²) in [4.78, 5) is 23.0. The summed E-state index contributed by atoms with van der Waals surface area (Å²) in [6.07, 6.45) is 0.474. The van der Waals surface area contributed by atoms with Crippen molar-refractivity contribution in [2.75, 3.05) is 0 Å². The molecule has 0 saturated carbocycles. The number of rotatable bonds is 5. The predicted molar refractivity (Wildman–Crippen MR) is 66.3 cm³/mol. The molecular weight excluding hydrogens is 235 g/mol. The fraction of sp³-hybridized carbons (Fsp3) is 0.385. The average Bonchev–Trinajstić information content (AvgIpc) is 2.28. The molecule has 0 fully saturated rings. The molecule has 0 saturated heterocycles. The summed E-state index contributed by atoms with van der Waals surface area (Å²) in [5, 5.41) is 2.55. The predicted octanol–water partition coefficient (Wildman–Crippen LogP) is 1.46. The maximum absolute atomic E-state index is 12.7. The molecule has 0 aliphatic rings. The molecule has 1 unspecified atom stereocenters. The zero-order valence-electron chi connectivity index (χ0n) is 10.4. The average molecular weight is 252 g/mol. The van der Waals surface area contributed by atoms with Crippen LogP contribution in [-0.2, 0) is 4.79 Å². The van der Waals surface area contributed by atoms with Crippen molar-refractivity contribution < 1.29 is 14.0 Å². The molecule has 0 aliphatic carbocycles. The Hall–Kier alpha value is -1.91. The molecule has 1 atom stereocenters. The highest BCUT2D eigenvalue weighted by atomic mass is 19.1. The number of nitrogens with two attached hydrogens (primary N) is 1. The first kappa shape index (κ1) is 14.2. The Morgan fingerprint density at radius 1 is 1.28 bits per heavy atom. The third kappa shape index (κ3) is 4.16. The lowest BCUT2D eigenvalue weighted by Gasteiger charge is -2.17. The normalized spacial score (nSPS) is 12.2. The van der Waals surface area contributed by atoms with Crippen molar-refractivity contribution in [2.45, 2.75) is 26.3 Å². The maximum atomic E-state index is 12.7. The lowest BCUT2D eigenvalue weighted by molar-refractivity contribution is -0.120. The smallest absolute Gasteiger partial charge is 0.251 e. The van der Waals surface area contributed by atoms with E-state index in [0.717, 1.165) is 0 Å². The summed E-state index contributed by atoms with van der Waals surface area (Å²) in [5.41, 5.74) is 5.52. The largest absolute Gasteiger partial charge is 0.368 e. The van der Waals surface area contributed by atoms with Crippen molar-refractivity contribution >= 4 is 11.8 Å². The first-order chi connectivity index (χ1) is 8.40. The van der Waals surface area contributed by atoms with Crippen LogP contribution >= 0.6 is 0 Å². The topological polar surface area (TPSA) is 72.2 Å². The van der Waals surface area contributed by atoms with Gasteiger partial charge in [-0.15, -0.1) is 0 Å². The van der Waals surface area contributed by atoms with Gasteiger partial charge in [0.05, 0.1) is 0 Å². The van der Waals surface area contributed by atoms with Crippen LogP contribution in [0.3, 0.4) is 0 Å². The Labute approximate surface area is 105 Å². The maximum Gasteiger partial charge on any atom is 0.251 e. The van der Waals surface area contributed by atoms with Gasteiger partial charge in [0.25, 0.3) is 5.91 Å². The quantitative estimate of drug-likeness (QED) is 0.832. The van der Waals surface area contributed by atoms with Gasteiger partial charge in [-0.3, -0.25) is 9.59 Å². The molecule has 0 heterocycles. The Bertz CT molecular complexity index is 429. The van der Waals surface area contributed by atoms with Crippen LogP contribution in [0.15, 0.2) is 24.3 Å². The zero-order valence-corrected chi connectivity index (χ0v) is 10.4. The molecule has 0 spiro atoms. The molecule has 0 aliphatic heterocycles. The molecule has 0 aromatic heterocycles. The number of hydrogen-bond donors (Lipinski definition) is 2. The van der Waals surface area contributed by atoms with Crippen LogP contribution in [0.2, 0.25) is 0 Å². The Morgan fingerprint density at radius 3 is 2.28 bits per heavy atom. The third-order valence-corrected chi connectivity index (χ3v) is 2.46. The summed E-state index contributed by atoms with van der Waals surface area (Å²) < 4.78 is 12.7. The first-order valence-corrected chi connectivity index (χ1v) is 5.76. The Kier molecular flexibility index (Phi) is 4.83. The summed E-state index contributed by atoms with van der Waals surface area (Å²) in [6, 6.07) is 4.39. The third-order valence-electron chi connectivity index (χ3n) is 2.46.